The first-order valence-electron chi connectivity index (χ1n) is 15.0. The number of anilines is 2. The molecule has 1 aromatic heterocycles. The van der Waals surface area contributed by atoms with E-state index in [1.54, 1.807) is 13.2 Å². The Morgan fingerprint density at radius 2 is 1.81 bits per heavy atom. The van der Waals surface area contributed by atoms with Crippen LogP contribution in [0.25, 0.3) is 10.8 Å². The Hall–Kier alpha value is -3.89. The van der Waals surface area contributed by atoms with Gasteiger partial charge >= 0.3 is 6.01 Å². The number of ether oxygens (including phenoxy) is 2. The summed E-state index contributed by atoms with van der Waals surface area (Å²) >= 11 is 0. The summed E-state index contributed by atoms with van der Waals surface area (Å²) in [7, 11) is 1.79. The summed E-state index contributed by atoms with van der Waals surface area (Å²) in [5, 5.41) is 12.6. The monoisotopic (exact) mass is 572 g/mol. The zero-order valence-corrected chi connectivity index (χ0v) is 24.3. The number of piperidine rings is 1. The average molecular weight is 573 g/mol. The minimum Gasteiger partial charge on any atom is -0.508 e. The van der Waals surface area contributed by atoms with Crippen LogP contribution in [0.4, 0.5) is 11.5 Å². The van der Waals surface area contributed by atoms with E-state index in [4.69, 9.17) is 19.4 Å². The van der Waals surface area contributed by atoms with Crippen LogP contribution in [0.5, 0.6) is 11.8 Å². The van der Waals surface area contributed by atoms with Crippen molar-refractivity contribution in [1.82, 2.24) is 19.8 Å². The van der Waals surface area contributed by atoms with Gasteiger partial charge in [0.1, 0.15) is 24.5 Å². The summed E-state index contributed by atoms with van der Waals surface area (Å²) in [6.45, 7) is 8.04. The van der Waals surface area contributed by atoms with Crippen molar-refractivity contribution in [2.75, 3.05) is 75.9 Å². The normalized spacial score (nSPS) is 18.5. The van der Waals surface area contributed by atoms with E-state index in [-0.39, 0.29) is 5.75 Å². The van der Waals surface area contributed by atoms with Gasteiger partial charge in [-0.2, -0.15) is 9.97 Å². The quantitative estimate of drug-likeness (QED) is 0.304. The van der Waals surface area contributed by atoms with Crippen LogP contribution in [0.1, 0.15) is 24.1 Å². The first kappa shape index (κ1) is 28.2. The molecule has 2 saturated heterocycles. The van der Waals surface area contributed by atoms with E-state index in [9.17, 15) is 9.90 Å². The lowest BCUT2D eigenvalue weighted by Crippen LogP contribution is -2.45. The van der Waals surface area contributed by atoms with Gasteiger partial charge in [-0.1, -0.05) is 24.3 Å². The maximum Gasteiger partial charge on any atom is 0.318 e. The highest BCUT2D eigenvalue weighted by atomic mass is 16.5. The number of nitrogens with zero attached hydrogens (tertiary/aromatic N) is 6. The Bertz CT molecular complexity index is 1420. The summed E-state index contributed by atoms with van der Waals surface area (Å²) in [6, 6.07) is 12.2. The Balaban J connectivity index is 1.23. The van der Waals surface area contributed by atoms with Gasteiger partial charge in [0.25, 0.3) is 0 Å². The molecule has 0 saturated carbocycles. The van der Waals surface area contributed by atoms with Crippen LogP contribution in [0.15, 0.2) is 48.7 Å². The fourth-order valence-electron chi connectivity index (χ4n) is 6.33. The van der Waals surface area contributed by atoms with Crippen molar-refractivity contribution in [3.63, 3.8) is 0 Å². The molecule has 0 aliphatic carbocycles. The molecule has 3 aliphatic rings. The van der Waals surface area contributed by atoms with Crippen molar-refractivity contribution in [2.45, 2.75) is 31.9 Å². The molecule has 222 valence electrons. The average Bonchev–Trinajstić information content (AvgIpc) is 3.03. The van der Waals surface area contributed by atoms with E-state index in [0.717, 1.165) is 106 Å². The minimum absolute atomic E-state index is 0.262. The lowest BCUT2D eigenvalue weighted by Gasteiger charge is -2.38. The van der Waals surface area contributed by atoms with Crippen molar-refractivity contribution in [1.29, 1.82) is 0 Å². The number of hydrogen-bond donors (Lipinski definition) is 1. The summed E-state index contributed by atoms with van der Waals surface area (Å²) < 4.78 is 11.7. The number of piperazine rings is 1. The van der Waals surface area contributed by atoms with Crippen molar-refractivity contribution >= 4 is 28.6 Å². The van der Waals surface area contributed by atoms with Crippen molar-refractivity contribution in [3.8, 4) is 11.8 Å². The van der Waals surface area contributed by atoms with Gasteiger partial charge in [-0.25, -0.2) is 0 Å². The number of allylic oxidation sites excluding steroid dienone is 1. The number of carbonyl (C=O) groups is 1. The molecule has 0 atom stereocenters. The van der Waals surface area contributed by atoms with Gasteiger partial charge in [-0.3, -0.25) is 9.69 Å². The largest absolute Gasteiger partial charge is 0.508 e. The number of fused-ring (bicyclic) bond motifs is 2. The van der Waals surface area contributed by atoms with Crippen LogP contribution in [-0.4, -0.2) is 103 Å². The molecule has 42 heavy (non-hydrogen) atoms. The highest BCUT2D eigenvalue weighted by Crippen LogP contribution is 2.36. The van der Waals surface area contributed by atoms with Crippen molar-refractivity contribution in [2.24, 2.45) is 0 Å². The molecule has 10 nitrogen and oxygen atoms in total. The highest BCUT2D eigenvalue weighted by molar-refractivity contribution is 5.95. The second-order valence-corrected chi connectivity index (χ2v) is 11.2. The van der Waals surface area contributed by atoms with Crippen LogP contribution in [-0.2, 0) is 22.5 Å². The van der Waals surface area contributed by atoms with E-state index in [2.05, 4.69) is 25.7 Å². The molecular formula is C32H40N6O4. The van der Waals surface area contributed by atoms with E-state index < -0.39 is 0 Å². The standard InChI is InChI=1S/C32H40N6O4/c1-41-26-7-11-36(12-8-26)18-20-42-32-33-29-23-38(30-22-25(40)21-24-5-2-3-6-27(24)30)13-9-28(29)31(34-32)37-16-14-35(15-17-37)10-4-19-39/h2-6,10,19,21-22,26,40H,7-9,11-18,20,23H2,1H3. The molecule has 6 rings (SSSR count). The summed E-state index contributed by atoms with van der Waals surface area (Å²) in [4.78, 5) is 29.9. The van der Waals surface area contributed by atoms with Crippen LogP contribution in [0.3, 0.4) is 0 Å². The number of aromatic hydroxyl groups is 1. The molecule has 0 bridgehead atoms. The zero-order valence-electron chi connectivity index (χ0n) is 24.3. The number of rotatable bonds is 9. The third kappa shape index (κ3) is 6.29. The van der Waals surface area contributed by atoms with Gasteiger partial charge < -0.3 is 29.3 Å². The molecule has 2 aromatic carbocycles. The zero-order chi connectivity index (χ0) is 28.9. The lowest BCUT2D eigenvalue weighted by molar-refractivity contribution is -0.104. The fraction of sp³-hybridized carbons (Fsp3) is 0.469. The highest BCUT2D eigenvalue weighted by Gasteiger charge is 2.28. The van der Waals surface area contributed by atoms with Crippen molar-refractivity contribution < 1.29 is 19.4 Å². The molecule has 10 heteroatoms. The van der Waals surface area contributed by atoms with Gasteiger partial charge in [0.15, 0.2) is 0 Å². The Labute approximate surface area is 247 Å². The molecule has 4 heterocycles. The smallest absolute Gasteiger partial charge is 0.318 e. The number of methoxy groups -OCH3 is 1. The number of phenols is 1. The van der Waals surface area contributed by atoms with Gasteiger partial charge in [-0.15, -0.1) is 0 Å². The van der Waals surface area contributed by atoms with Gasteiger partial charge in [0.2, 0.25) is 0 Å². The van der Waals surface area contributed by atoms with Crippen molar-refractivity contribution in [3.05, 3.63) is 59.9 Å². The number of likely N-dealkylation sites (tertiary alicyclic amines) is 1. The van der Waals surface area contributed by atoms with Crippen LogP contribution >= 0.6 is 0 Å². The maximum atomic E-state index is 10.8. The third-order valence-electron chi connectivity index (χ3n) is 8.68. The first-order valence-corrected chi connectivity index (χ1v) is 15.0. The van der Waals surface area contributed by atoms with Crippen LogP contribution in [0, 0.1) is 0 Å². The lowest BCUT2D eigenvalue weighted by atomic mass is 10.0. The van der Waals surface area contributed by atoms with Gasteiger partial charge in [-0.05, 0) is 36.8 Å². The van der Waals surface area contributed by atoms with Gasteiger partial charge in [0.05, 0.1) is 18.3 Å². The predicted octanol–water partition coefficient (Wildman–Crippen LogP) is 3.22. The number of aldehydes is 1. The van der Waals surface area contributed by atoms with E-state index in [0.29, 0.717) is 25.3 Å². The summed E-state index contributed by atoms with van der Waals surface area (Å²) in [5.41, 5.74) is 3.15. The van der Waals surface area contributed by atoms with E-state index in [1.165, 1.54) is 5.56 Å². The predicted molar refractivity (Wildman–Crippen MR) is 163 cm³/mol. The SMILES string of the molecule is COC1CCN(CCOc2nc3c(c(N4CCN(C=CC=O)CC4)n2)CCN(c2cc(O)cc4ccccc24)C3)CC1. The second kappa shape index (κ2) is 13.0. The maximum absolute atomic E-state index is 10.8. The first-order chi connectivity index (χ1) is 20.6. The van der Waals surface area contributed by atoms with Crippen LogP contribution in [0.2, 0.25) is 0 Å². The number of phenolic OH excluding ortho intramolecular Hbond substituents is 1. The second-order valence-electron chi connectivity index (χ2n) is 11.2. The van der Waals surface area contributed by atoms with E-state index in [1.807, 2.05) is 36.5 Å². The minimum atomic E-state index is 0.262. The molecule has 0 amide bonds. The van der Waals surface area contributed by atoms with Gasteiger partial charge in [0, 0.05) is 88.4 Å². The fourth-order valence-corrected chi connectivity index (χ4v) is 6.33. The molecule has 0 unspecified atom stereocenters. The molecule has 0 radical (unpaired) electrons. The number of carbonyl (C=O) groups excluding carboxylic acids is 1. The molecule has 0 spiro atoms. The topological polar surface area (TPSA) is 94.5 Å². The Morgan fingerprint density at radius 3 is 2.60 bits per heavy atom. The van der Waals surface area contributed by atoms with Crippen LogP contribution < -0.4 is 14.5 Å². The number of hydrogen-bond acceptors (Lipinski definition) is 10. The molecule has 2 fully saturated rings. The summed E-state index contributed by atoms with van der Waals surface area (Å²) in [5.74, 6) is 1.22. The molecule has 3 aromatic rings. The molecule has 3 aliphatic heterocycles. The third-order valence-corrected chi connectivity index (χ3v) is 8.68. The Morgan fingerprint density at radius 1 is 1.00 bits per heavy atom. The molecule has 1 N–H and O–H groups in total. The molecular weight excluding hydrogens is 532 g/mol. The number of aromatic nitrogens is 2. The summed E-state index contributed by atoms with van der Waals surface area (Å²) in [6.07, 6.45) is 7.47. The number of benzene rings is 2. The van der Waals surface area contributed by atoms with E-state index >= 15 is 0 Å². The Kier molecular flexibility index (Phi) is 8.71.